The van der Waals surface area contributed by atoms with Gasteiger partial charge < -0.3 is 14.6 Å². The third kappa shape index (κ3) is 5.66. The van der Waals surface area contributed by atoms with E-state index in [1.807, 2.05) is 0 Å². The van der Waals surface area contributed by atoms with Crippen LogP contribution in [-0.4, -0.2) is 34.5 Å². The number of hydrogen-bond donors (Lipinski definition) is 1. The Labute approximate surface area is 180 Å². The van der Waals surface area contributed by atoms with Gasteiger partial charge in [-0.15, -0.1) is 11.8 Å². The van der Waals surface area contributed by atoms with Crippen molar-refractivity contribution in [2.45, 2.75) is 17.7 Å². The molecule has 2 aromatic heterocycles. The van der Waals surface area contributed by atoms with Gasteiger partial charge in [0.1, 0.15) is 17.3 Å². The van der Waals surface area contributed by atoms with E-state index in [2.05, 4.69) is 10.3 Å². The number of alkyl halides is 3. The van der Waals surface area contributed by atoms with E-state index in [4.69, 9.17) is 4.42 Å². The zero-order valence-corrected chi connectivity index (χ0v) is 17.2. The normalized spacial score (nSPS) is 11.2. The van der Waals surface area contributed by atoms with Crippen molar-refractivity contribution in [2.24, 2.45) is 0 Å². The fraction of sp³-hybridized carbons (Fsp3) is 0.190. The number of amides is 2. The van der Waals surface area contributed by atoms with Gasteiger partial charge >= 0.3 is 6.18 Å². The first kappa shape index (κ1) is 22.4. The number of nitrogens with one attached hydrogen (secondary N) is 1. The highest BCUT2D eigenvalue weighted by Gasteiger charge is 2.34. The molecule has 31 heavy (non-hydrogen) atoms. The number of furan rings is 1. The van der Waals surface area contributed by atoms with Crippen LogP contribution in [0.5, 0.6) is 0 Å². The maximum Gasteiger partial charge on any atom is 0.418 e. The Morgan fingerprint density at radius 2 is 1.90 bits per heavy atom. The number of hydrogen-bond acceptors (Lipinski definition) is 5. The Balaban J connectivity index is 1.84. The highest BCUT2D eigenvalue weighted by molar-refractivity contribution is 7.98. The second-order valence-electron chi connectivity index (χ2n) is 6.39. The number of pyridine rings is 1. The number of aromatic nitrogens is 1. The van der Waals surface area contributed by atoms with Gasteiger partial charge in [0.25, 0.3) is 5.91 Å². The number of halogens is 3. The smallest absolute Gasteiger partial charge is 0.418 e. The minimum absolute atomic E-state index is 0.0388. The van der Waals surface area contributed by atoms with Crippen LogP contribution < -0.4 is 5.32 Å². The van der Waals surface area contributed by atoms with Crippen molar-refractivity contribution in [2.75, 3.05) is 18.1 Å². The zero-order chi connectivity index (χ0) is 22.4. The summed E-state index contributed by atoms with van der Waals surface area (Å²) in [6.45, 7) is -0.517. The fourth-order valence-corrected chi connectivity index (χ4v) is 3.42. The van der Waals surface area contributed by atoms with Crippen molar-refractivity contribution in [3.63, 3.8) is 0 Å². The molecular formula is C21H18F3N3O3S. The van der Waals surface area contributed by atoms with Gasteiger partial charge in [-0.2, -0.15) is 13.2 Å². The van der Waals surface area contributed by atoms with Gasteiger partial charge in [0.05, 0.1) is 29.6 Å². The Bertz CT molecular complexity index is 1060. The van der Waals surface area contributed by atoms with Gasteiger partial charge in [0, 0.05) is 6.20 Å². The molecular weight excluding hydrogens is 431 g/mol. The number of para-hydroxylation sites is 1. The summed E-state index contributed by atoms with van der Waals surface area (Å²) in [7, 11) is 0. The van der Waals surface area contributed by atoms with Crippen molar-refractivity contribution in [1.82, 2.24) is 9.88 Å². The van der Waals surface area contributed by atoms with Crippen molar-refractivity contribution in [1.29, 1.82) is 0 Å². The molecule has 3 rings (SSSR count). The molecule has 0 radical (unpaired) electrons. The predicted molar refractivity (Wildman–Crippen MR) is 110 cm³/mol. The second-order valence-corrected chi connectivity index (χ2v) is 7.19. The summed E-state index contributed by atoms with van der Waals surface area (Å²) in [5.41, 5.74) is -1.06. The Morgan fingerprint density at radius 3 is 2.58 bits per heavy atom. The first-order valence-corrected chi connectivity index (χ1v) is 10.3. The largest absolute Gasteiger partial charge is 0.467 e. The summed E-state index contributed by atoms with van der Waals surface area (Å²) >= 11 is 1.27. The monoisotopic (exact) mass is 449 g/mol. The molecule has 1 N–H and O–H groups in total. The van der Waals surface area contributed by atoms with Crippen LogP contribution in [0.1, 0.15) is 21.7 Å². The van der Waals surface area contributed by atoms with Crippen LogP contribution in [0.15, 0.2) is 70.4 Å². The molecule has 3 aromatic rings. The number of carbonyl (C=O) groups is 2. The topological polar surface area (TPSA) is 75.4 Å². The van der Waals surface area contributed by atoms with E-state index in [1.165, 1.54) is 35.1 Å². The summed E-state index contributed by atoms with van der Waals surface area (Å²) in [4.78, 5) is 31.1. The van der Waals surface area contributed by atoms with Crippen LogP contribution in [-0.2, 0) is 17.5 Å². The molecule has 0 aliphatic rings. The standard InChI is InChI=1S/C21H18F3N3O3S/c1-31-19-15(7-4-10-25-19)20(29)27(12-14-6-5-11-30-14)13-18(28)26-17-9-3-2-8-16(17)21(22,23)24/h2-11H,12-13H2,1H3,(H,26,28). The molecule has 0 fully saturated rings. The number of nitrogens with zero attached hydrogens (tertiary/aromatic N) is 2. The quantitative estimate of drug-likeness (QED) is 0.530. The van der Waals surface area contributed by atoms with Crippen LogP contribution in [0, 0.1) is 0 Å². The lowest BCUT2D eigenvalue weighted by Gasteiger charge is -2.22. The average molecular weight is 449 g/mol. The van der Waals surface area contributed by atoms with E-state index < -0.39 is 30.1 Å². The molecule has 0 saturated carbocycles. The minimum atomic E-state index is -4.63. The van der Waals surface area contributed by atoms with E-state index in [0.717, 1.165) is 12.1 Å². The summed E-state index contributed by atoms with van der Waals surface area (Å²) in [5.74, 6) is -0.842. The molecule has 0 aliphatic carbocycles. The zero-order valence-electron chi connectivity index (χ0n) is 16.3. The lowest BCUT2D eigenvalue weighted by Crippen LogP contribution is -2.38. The van der Waals surface area contributed by atoms with E-state index in [0.29, 0.717) is 10.8 Å². The molecule has 0 bridgehead atoms. The van der Waals surface area contributed by atoms with Crippen molar-refractivity contribution in [3.05, 3.63) is 77.9 Å². The van der Waals surface area contributed by atoms with Gasteiger partial charge in [-0.1, -0.05) is 12.1 Å². The highest BCUT2D eigenvalue weighted by Crippen LogP contribution is 2.34. The molecule has 0 saturated heterocycles. The first-order chi connectivity index (χ1) is 14.8. The summed E-state index contributed by atoms with van der Waals surface area (Å²) in [6.07, 6.45) is 0.0998. The van der Waals surface area contributed by atoms with Gasteiger partial charge in [0.15, 0.2) is 0 Å². The maximum atomic E-state index is 13.2. The second kappa shape index (κ2) is 9.69. The summed E-state index contributed by atoms with van der Waals surface area (Å²) in [5, 5.41) is 2.73. The van der Waals surface area contributed by atoms with Crippen LogP contribution in [0.4, 0.5) is 18.9 Å². The van der Waals surface area contributed by atoms with E-state index in [9.17, 15) is 22.8 Å². The van der Waals surface area contributed by atoms with Crippen molar-refractivity contribution in [3.8, 4) is 0 Å². The van der Waals surface area contributed by atoms with E-state index in [1.54, 1.807) is 36.7 Å². The number of thioether (sulfide) groups is 1. The van der Waals surface area contributed by atoms with E-state index in [-0.39, 0.29) is 17.8 Å². The maximum absolute atomic E-state index is 13.2. The molecule has 1 aromatic carbocycles. The Morgan fingerprint density at radius 1 is 1.13 bits per heavy atom. The van der Waals surface area contributed by atoms with Crippen LogP contribution >= 0.6 is 11.8 Å². The third-order valence-corrected chi connectivity index (χ3v) is 4.96. The minimum Gasteiger partial charge on any atom is -0.467 e. The number of anilines is 1. The molecule has 162 valence electrons. The van der Waals surface area contributed by atoms with Gasteiger partial charge in [-0.05, 0) is 42.7 Å². The SMILES string of the molecule is CSc1ncccc1C(=O)N(CC(=O)Nc1ccccc1C(F)(F)F)Cc1ccco1. The van der Waals surface area contributed by atoms with Crippen molar-refractivity contribution < 1.29 is 27.2 Å². The fourth-order valence-electron chi connectivity index (χ4n) is 2.88. The van der Waals surface area contributed by atoms with Crippen LogP contribution in [0.2, 0.25) is 0 Å². The summed E-state index contributed by atoms with van der Waals surface area (Å²) < 4.78 is 44.9. The number of rotatable bonds is 7. The molecule has 2 amide bonds. The molecule has 0 atom stereocenters. The Kier molecular flexibility index (Phi) is 7.01. The van der Waals surface area contributed by atoms with Gasteiger partial charge in [-0.25, -0.2) is 4.98 Å². The van der Waals surface area contributed by atoms with Crippen molar-refractivity contribution >= 4 is 29.3 Å². The van der Waals surface area contributed by atoms with E-state index >= 15 is 0 Å². The lowest BCUT2D eigenvalue weighted by molar-refractivity contribution is -0.137. The number of carbonyl (C=O) groups excluding carboxylic acids is 2. The Hall–Kier alpha value is -3.27. The molecule has 0 spiro atoms. The molecule has 10 heteroatoms. The van der Waals surface area contributed by atoms with Gasteiger partial charge in [0.2, 0.25) is 5.91 Å². The lowest BCUT2D eigenvalue weighted by atomic mass is 10.1. The van der Waals surface area contributed by atoms with Crippen LogP contribution in [0.3, 0.4) is 0 Å². The molecule has 0 unspecified atom stereocenters. The first-order valence-electron chi connectivity index (χ1n) is 9.06. The highest BCUT2D eigenvalue weighted by atomic mass is 32.2. The average Bonchev–Trinajstić information content (AvgIpc) is 3.25. The third-order valence-electron chi connectivity index (χ3n) is 4.25. The molecule has 6 nitrogen and oxygen atoms in total. The molecule has 2 heterocycles. The summed E-state index contributed by atoms with van der Waals surface area (Å²) in [6, 6.07) is 11.1. The van der Waals surface area contributed by atoms with Gasteiger partial charge in [-0.3, -0.25) is 9.59 Å². The molecule has 0 aliphatic heterocycles. The number of benzene rings is 1. The van der Waals surface area contributed by atoms with Crippen LogP contribution in [0.25, 0.3) is 0 Å². The predicted octanol–water partition coefficient (Wildman–Crippen LogP) is 4.70.